The molecule has 0 aliphatic carbocycles. The summed E-state index contributed by atoms with van der Waals surface area (Å²) in [7, 11) is 0. The van der Waals surface area contributed by atoms with Crippen LogP contribution in [-0.4, -0.2) is 14.5 Å². The monoisotopic (exact) mass is 1060 g/mol. The number of aromatic nitrogens is 3. The Bertz CT molecular complexity index is 3580. The minimum Gasteiger partial charge on any atom is -0.491 e. The van der Waals surface area contributed by atoms with Gasteiger partial charge >= 0.3 is 0 Å². The van der Waals surface area contributed by atoms with Crippen molar-refractivity contribution in [2.24, 2.45) is 5.41 Å². The standard InChI is InChI=1S/C47H37N2O.C16H18N.Ir/c1-29(2)38-26-35(32-17-9-6-10-18-32)27-39(30(3)4)45(38)49-42-22-14-13-21-41(42)48-47(49)40-25-34-19-11-12-20-36(34)44-37-24-23-33(28-43(37)50-46(40)44)31-15-7-5-8-16-31;1-16(2,3)11-13-9-10-15(17-12-13)14-7-5-4-6-8-14;/h5-24,26-30H,1-4H3;4-7,9-10,12H,11H2,1-3H3;/q2*-1;/i;11D2;. The fourth-order valence-electron chi connectivity index (χ4n) is 9.16. The normalized spacial score (nSPS) is 12.3. The largest absolute Gasteiger partial charge is 0.491 e. The molecule has 0 N–H and O–H groups in total. The van der Waals surface area contributed by atoms with Gasteiger partial charge in [0.15, 0.2) is 0 Å². The summed E-state index contributed by atoms with van der Waals surface area (Å²) in [6, 6.07) is 67.8. The van der Waals surface area contributed by atoms with Gasteiger partial charge in [-0.25, -0.2) is 0 Å². The van der Waals surface area contributed by atoms with E-state index in [4.69, 9.17) is 12.1 Å². The minimum atomic E-state index is -1.40. The van der Waals surface area contributed by atoms with Crippen molar-refractivity contribution in [1.82, 2.24) is 14.5 Å². The number of nitrogens with zero attached hydrogens (tertiary/aromatic N) is 3. The first kappa shape index (κ1) is 43.6. The summed E-state index contributed by atoms with van der Waals surface area (Å²) in [6.07, 6.45) is 0.223. The molecule has 8 aromatic carbocycles. The van der Waals surface area contributed by atoms with Crippen LogP contribution in [0.2, 0.25) is 0 Å². The summed E-state index contributed by atoms with van der Waals surface area (Å²) < 4.78 is 25.8. The molecular weight excluding hydrogens is 1010 g/mol. The molecule has 0 saturated heterocycles. The molecule has 339 valence electrons. The Morgan fingerprint density at radius 2 is 1.29 bits per heavy atom. The maximum absolute atomic E-state index is 8.21. The van der Waals surface area contributed by atoms with Crippen molar-refractivity contribution in [3.63, 3.8) is 0 Å². The van der Waals surface area contributed by atoms with Crippen LogP contribution < -0.4 is 0 Å². The summed E-state index contributed by atoms with van der Waals surface area (Å²) in [4.78, 5) is 9.76. The molecule has 1 radical (unpaired) electrons. The Labute approximate surface area is 416 Å². The van der Waals surface area contributed by atoms with E-state index < -0.39 is 11.8 Å². The summed E-state index contributed by atoms with van der Waals surface area (Å²) in [5.74, 6) is 1.37. The molecule has 0 atom stereocenters. The van der Waals surface area contributed by atoms with Crippen LogP contribution in [0, 0.1) is 17.5 Å². The molecule has 0 aliphatic heterocycles. The molecule has 0 amide bonds. The second-order valence-electron chi connectivity index (χ2n) is 19.0. The maximum Gasteiger partial charge on any atom is 0.124 e. The smallest absolute Gasteiger partial charge is 0.124 e. The third kappa shape index (κ3) is 9.22. The second kappa shape index (κ2) is 19.4. The summed E-state index contributed by atoms with van der Waals surface area (Å²) in [6.45, 7) is 14.9. The van der Waals surface area contributed by atoms with Gasteiger partial charge in [0.2, 0.25) is 0 Å². The van der Waals surface area contributed by atoms with E-state index in [2.05, 4.69) is 183 Å². The number of imidazole rings is 1. The van der Waals surface area contributed by atoms with E-state index in [0.717, 1.165) is 77.5 Å². The van der Waals surface area contributed by atoms with Crippen LogP contribution in [0.5, 0.6) is 0 Å². The number of furan rings is 1. The average Bonchev–Trinajstić information content (AvgIpc) is 3.95. The molecule has 11 rings (SSSR count). The second-order valence-corrected chi connectivity index (χ2v) is 19.0. The Hall–Kier alpha value is -6.91. The molecule has 0 saturated carbocycles. The van der Waals surface area contributed by atoms with Crippen molar-refractivity contribution in [1.29, 1.82) is 0 Å². The molecule has 0 bridgehead atoms. The van der Waals surface area contributed by atoms with Crippen molar-refractivity contribution < 1.29 is 27.3 Å². The quantitative estimate of drug-likeness (QED) is 0.142. The van der Waals surface area contributed by atoms with Gasteiger partial charge in [0.25, 0.3) is 0 Å². The Balaban J connectivity index is 0.000000257. The Morgan fingerprint density at radius 3 is 1.94 bits per heavy atom. The molecular formula is C63H55IrN3O-2. The Morgan fingerprint density at radius 1 is 0.647 bits per heavy atom. The van der Waals surface area contributed by atoms with Crippen molar-refractivity contribution in [2.75, 3.05) is 0 Å². The third-order valence-corrected chi connectivity index (χ3v) is 12.3. The van der Waals surface area contributed by atoms with Crippen LogP contribution in [-0.2, 0) is 26.5 Å². The van der Waals surface area contributed by atoms with E-state index in [9.17, 15) is 0 Å². The zero-order valence-corrected chi connectivity index (χ0v) is 42.0. The van der Waals surface area contributed by atoms with Crippen molar-refractivity contribution in [3.8, 4) is 50.6 Å². The van der Waals surface area contributed by atoms with Gasteiger partial charge < -0.3 is 14.0 Å². The fraction of sp³-hybridized carbons (Fsp3) is 0.175. The molecule has 68 heavy (non-hydrogen) atoms. The number of rotatable bonds is 8. The van der Waals surface area contributed by atoms with E-state index in [1.54, 1.807) is 6.20 Å². The van der Waals surface area contributed by atoms with E-state index >= 15 is 0 Å². The van der Waals surface area contributed by atoms with E-state index in [1.807, 2.05) is 63.2 Å². The van der Waals surface area contributed by atoms with Crippen LogP contribution in [0.4, 0.5) is 0 Å². The molecule has 0 spiro atoms. The van der Waals surface area contributed by atoms with E-state index in [-0.39, 0.29) is 31.9 Å². The van der Waals surface area contributed by atoms with Gasteiger partial charge in [0.05, 0.1) is 22.4 Å². The summed E-state index contributed by atoms with van der Waals surface area (Å²) >= 11 is 0. The predicted molar refractivity (Wildman–Crippen MR) is 281 cm³/mol. The van der Waals surface area contributed by atoms with Crippen LogP contribution in [0.1, 0.15) is 79.7 Å². The first-order valence-electron chi connectivity index (χ1n) is 24.3. The van der Waals surface area contributed by atoms with Crippen LogP contribution in [0.3, 0.4) is 0 Å². The van der Waals surface area contributed by atoms with Gasteiger partial charge in [-0.15, -0.1) is 53.4 Å². The minimum absolute atomic E-state index is 0. The van der Waals surface area contributed by atoms with E-state index in [1.165, 1.54) is 27.9 Å². The summed E-state index contributed by atoms with van der Waals surface area (Å²) in [5, 5.41) is 4.34. The number of fused-ring (bicyclic) bond motifs is 6. The number of hydrogen-bond donors (Lipinski definition) is 0. The Kier molecular flexibility index (Phi) is 12.4. The molecule has 11 aromatic rings. The zero-order chi connectivity index (χ0) is 48.0. The van der Waals surface area contributed by atoms with Gasteiger partial charge in [-0.1, -0.05) is 169 Å². The van der Waals surface area contributed by atoms with Crippen LogP contribution >= 0.6 is 0 Å². The van der Waals surface area contributed by atoms with Gasteiger partial charge in [-0.3, -0.25) is 4.98 Å². The third-order valence-electron chi connectivity index (χ3n) is 12.3. The first-order valence-corrected chi connectivity index (χ1v) is 23.3. The topological polar surface area (TPSA) is 43.9 Å². The number of benzene rings is 8. The number of hydrogen-bond acceptors (Lipinski definition) is 3. The summed E-state index contributed by atoms with van der Waals surface area (Å²) in [5.41, 5.74) is 14.9. The molecule has 3 heterocycles. The molecule has 3 aromatic heterocycles. The predicted octanol–water partition coefficient (Wildman–Crippen LogP) is 17.3. The van der Waals surface area contributed by atoms with Crippen molar-refractivity contribution >= 4 is 43.7 Å². The number of pyridine rings is 1. The first-order chi connectivity index (χ1) is 33.3. The molecule has 0 aliphatic rings. The van der Waals surface area contributed by atoms with E-state index in [0.29, 0.717) is 5.56 Å². The molecule has 0 unspecified atom stereocenters. The molecule has 5 heteroatoms. The van der Waals surface area contributed by atoms with Crippen molar-refractivity contribution in [3.05, 3.63) is 211 Å². The maximum atomic E-state index is 8.21. The van der Waals surface area contributed by atoms with Gasteiger partial charge in [-0.05, 0) is 110 Å². The van der Waals surface area contributed by atoms with Gasteiger partial charge in [-0.2, -0.15) is 0 Å². The molecule has 4 nitrogen and oxygen atoms in total. The van der Waals surface area contributed by atoms with Crippen LogP contribution in [0.25, 0.3) is 94.3 Å². The van der Waals surface area contributed by atoms with Gasteiger partial charge in [0.1, 0.15) is 5.58 Å². The molecule has 0 fully saturated rings. The average molecular weight is 1060 g/mol. The SMILES string of the molecule is CC(C)c1cc(-c2ccccc2)cc(C(C)C)c1-n1c(-c2[c-]c3ccccc3c3c2oc2cc(-c4ccccc4)ccc23)nc2ccccc21.[2H]C([2H])(c1ccc(-c2[c-]cccc2)nc1)C(C)(C)C.[Ir]. The van der Waals surface area contributed by atoms with Crippen molar-refractivity contribution in [2.45, 2.75) is 66.7 Å². The van der Waals surface area contributed by atoms with Crippen LogP contribution in [0.15, 0.2) is 187 Å². The van der Waals surface area contributed by atoms with Gasteiger partial charge in [0, 0.05) is 40.1 Å². The number of para-hydroxylation sites is 2. The fourth-order valence-corrected chi connectivity index (χ4v) is 9.16. The zero-order valence-electron chi connectivity index (χ0n) is 41.6.